The van der Waals surface area contributed by atoms with Gasteiger partial charge in [-0.05, 0) is 49.4 Å². The number of hydrogen-bond donors (Lipinski definition) is 2. The van der Waals surface area contributed by atoms with Gasteiger partial charge in [-0.2, -0.15) is 0 Å². The van der Waals surface area contributed by atoms with E-state index in [9.17, 15) is 14.3 Å². The lowest BCUT2D eigenvalue weighted by molar-refractivity contribution is 0.0906. The molecular weight excluding hydrogens is 431 g/mol. The molecule has 1 aliphatic carbocycles. The molecule has 1 fully saturated rings. The average molecular weight is 455 g/mol. The molecule has 1 aromatic carbocycles. The van der Waals surface area contributed by atoms with Crippen molar-refractivity contribution in [2.45, 2.75) is 45.1 Å². The first-order valence-corrected chi connectivity index (χ1v) is 11.0. The Balaban J connectivity index is 1.73. The zero-order chi connectivity index (χ0) is 22.8. The number of benzene rings is 1. The van der Waals surface area contributed by atoms with Gasteiger partial charge in [0, 0.05) is 35.1 Å². The molecule has 1 unspecified atom stereocenters. The van der Waals surface area contributed by atoms with Gasteiger partial charge in [-0.3, -0.25) is 9.78 Å². The van der Waals surface area contributed by atoms with Crippen LogP contribution in [0, 0.1) is 11.7 Å². The lowest BCUT2D eigenvalue weighted by atomic mass is 9.96. The van der Waals surface area contributed by atoms with Gasteiger partial charge in [-0.15, -0.1) is 0 Å². The molecule has 2 aromatic heterocycles. The number of halogens is 2. The van der Waals surface area contributed by atoms with Crippen molar-refractivity contribution in [3.8, 4) is 11.4 Å². The molecule has 2 atom stereocenters. The van der Waals surface area contributed by atoms with Gasteiger partial charge in [0.15, 0.2) is 11.6 Å². The van der Waals surface area contributed by atoms with E-state index in [1.165, 1.54) is 24.4 Å². The fourth-order valence-electron chi connectivity index (χ4n) is 3.96. The molecule has 8 heteroatoms. The van der Waals surface area contributed by atoms with E-state index in [1.807, 2.05) is 13.8 Å². The maximum Gasteiger partial charge on any atom is 0.169 e. The molecule has 3 aromatic rings. The normalized spacial score (nSPS) is 18.2. The Morgan fingerprint density at radius 2 is 2.06 bits per heavy atom. The lowest BCUT2D eigenvalue weighted by Gasteiger charge is -2.17. The number of ketones is 1. The molecule has 2 N–H and O–H groups in total. The van der Waals surface area contributed by atoms with Crippen molar-refractivity contribution in [2.75, 3.05) is 5.32 Å². The zero-order valence-electron chi connectivity index (χ0n) is 17.8. The molecule has 32 heavy (non-hydrogen) atoms. The molecule has 1 saturated carbocycles. The van der Waals surface area contributed by atoms with Crippen LogP contribution in [0.5, 0.6) is 0 Å². The molecule has 1 aliphatic rings. The molecule has 4 rings (SSSR count). The van der Waals surface area contributed by atoms with Crippen molar-refractivity contribution in [3.63, 3.8) is 0 Å². The van der Waals surface area contributed by atoms with E-state index in [-0.39, 0.29) is 29.0 Å². The van der Waals surface area contributed by atoms with E-state index in [2.05, 4.69) is 20.3 Å². The number of aromatic nitrogens is 3. The minimum Gasteiger partial charge on any atom is -0.393 e. The first-order valence-electron chi connectivity index (χ1n) is 10.6. The van der Waals surface area contributed by atoms with Crippen molar-refractivity contribution in [2.24, 2.45) is 5.92 Å². The van der Waals surface area contributed by atoms with Crippen molar-refractivity contribution < 1.29 is 14.3 Å². The number of hydrogen-bond acceptors (Lipinski definition) is 6. The summed E-state index contributed by atoms with van der Waals surface area (Å²) >= 11 is 6.05. The second-order valence-electron chi connectivity index (χ2n) is 8.35. The van der Waals surface area contributed by atoms with E-state index < -0.39 is 11.9 Å². The van der Waals surface area contributed by atoms with Gasteiger partial charge in [-0.25, -0.2) is 14.4 Å². The number of aliphatic hydroxyl groups is 1. The monoisotopic (exact) mass is 454 g/mol. The van der Waals surface area contributed by atoms with E-state index >= 15 is 0 Å². The summed E-state index contributed by atoms with van der Waals surface area (Å²) in [6.45, 7) is 4.00. The Kier molecular flexibility index (Phi) is 6.48. The predicted octanol–water partition coefficient (Wildman–Crippen LogP) is 5.54. The minimum atomic E-state index is -0.475. The third-order valence-corrected chi connectivity index (χ3v) is 5.96. The van der Waals surface area contributed by atoms with Crippen LogP contribution in [0.2, 0.25) is 5.02 Å². The summed E-state index contributed by atoms with van der Waals surface area (Å²) in [5.41, 5.74) is 2.02. The highest BCUT2D eigenvalue weighted by molar-refractivity contribution is 6.30. The maximum absolute atomic E-state index is 14.4. The third-order valence-electron chi connectivity index (χ3n) is 5.72. The number of anilines is 2. The number of carbonyl (C=O) groups excluding carboxylic acids is 1. The van der Waals surface area contributed by atoms with E-state index in [0.29, 0.717) is 41.4 Å². The summed E-state index contributed by atoms with van der Waals surface area (Å²) in [6, 6.07) is 5.94. The van der Waals surface area contributed by atoms with E-state index in [1.54, 1.807) is 18.5 Å². The second-order valence-corrected chi connectivity index (χ2v) is 8.79. The van der Waals surface area contributed by atoms with Gasteiger partial charge < -0.3 is 10.4 Å². The largest absolute Gasteiger partial charge is 0.393 e. The van der Waals surface area contributed by atoms with Gasteiger partial charge in [0.25, 0.3) is 0 Å². The van der Waals surface area contributed by atoms with Crippen LogP contribution in [-0.4, -0.2) is 31.9 Å². The molecule has 0 radical (unpaired) electrons. The van der Waals surface area contributed by atoms with Crippen LogP contribution >= 0.6 is 11.6 Å². The van der Waals surface area contributed by atoms with Gasteiger partial charge in [-0.1, -0.05) is 25.4 Å². The molecule has 166 valence electrons. The summed E-state index contributed by atoms with van der Waals surface area (Å²) < 4.78 is 14.4. The Hall–Kier alpha value is -2.90. The quantitative estimate of drug-likeness (QED) is 0.475. The van der Waals surface area contributed by atoms with Gasteiger partial charge in [0.2, 0.25) is 0 Å². The van der Waals surface area contributed by atoms with Crippen LogP contribution in [0.3, 0.4) is 0 Å². The summed E-state index contributed by atoms with van der Waals surface area (Å²) in [4.78, 5) is 26.2. The Morgan fingerprint density at radius 1 is 1.25 bits per heavy atom. The number of nitrogens with one attached hydrogen (secondary N) is 1. The molecule has 2 heterocycles. The van der Waals surface area contributed by atoms with Crippen molar-refractivity contribution in [3.05, 3.63) is 64.8 Å². The van der Waals surface area contributed by atoms with Crippen LogP contribution in [0.15, 0.2) is 42.9 Å². The fraction of sp³-hybridized carbons (Fsp3) is 0.333. The van der Waals surface area contributed by atoms with E-state index in [4.69, 9.17) is 11.6 Å². The highest BCUT2D eigenvalue weighted by Crippen LogP contribution is 2.33. The van der Waals surface area contributed by atoms with E-state index in [0.717, 1.165) is 5.56 Å². The second kappa shape index (κ2) is 9.30. The van der Waals surface area contributed by atoms with Crippen LogP contribution in [0.4, 0.5) is 15.9 Å². The first kappa shape index (κ1) is 22.3. The molecule has 6 nitrogen and oxygen atoms in total. The average Bonchev–Trinajstić information content (AvgIpc) is 3.21. The number of nitrogens with zero attached hydrogens (tertiary/aromatic N) is 3. The van der Waals surface area contributed by atoms with Gasteiger partial charge in [0.1, 0.15) is 11.6 Å². The number of carbonyl (C=O) groups is 1. The molecule has 0 amide bonds. The SMILES string of the molecule is CC(C)c1cnc(-c2cc(Cl)ccc2F)nc1Nc1ccncc1C(=O)C1CC[C@@H](O)C1. The van der Waals surface area contributed by atoms with Crippen LogP contribution in [0.25, 0.3) is 11.4 Å². The smallest absolute Gasteiger partial charge is 0.169 e. The summed E-state index contributed by atoms with van der Waals surface area (Å²) in [5.74, 6) is -0.00739. The van der Waals surface area contributed by atoms with Crippen LogP contribution in [-0.2, 0) is 0 Å². The van der Waals surface area contributed by atoms with Crippen LogP contribution in [0.1, 0.15) is 54.9 Å². The summed E-state index contributed by atoms with van der Waals surface area (Å²) in [7, 11) is 0. The first-order chi connectivity index (χ1) is 15.3. The van der Waals surface area contributed by atoms with Crippen LogP contribution < -0.4 is 5.32 Å². The van der Waals surface area contributed by atoms with Crippen molar-refractivity contribution in [1.29, 1.82) is 0 Å². The summed E-state index contributed by atoms with van der Waals surface area (Å²) in [6.07, 6.45) is 6.07. The predicted molar refractivity (Wildman–Crippen MR) is 122 cm³/mol. The summed E-state index contributed by atoms with van der Waals surface area (Å²) in [5, 5.41) is 13.5. The maximum atomic E-state index is 14.4. The third kappa shape index (κ3) is 4.64. The lowest BCUT2D eigenvalue weighted by Crippen LogP contribution is -2.15. The number of pyridine rings is 1. The topological polar surface area (TPSA) is 88.0 Å². The number of rotatable bonds is 6. The molecule has 0 bridgehead atoms. The molecule has 0 saturated heterocycles. The van der Waals surface area contributed by atoms with Gasteiger partial charge in [0.05, 0.1) is 22.9 Å². The highest BCUT2D eigenvalue weighted by Gasteiger charge is 2.30. The Morgan fingerprint density at radius 3 is 2.78 bits per heavy atom. The standard InChI is InChI=1S/C24H24ClFN4O2/c1-13(2)18-12-28-23(17-10-15(25)4-6-20(17)26)30-24(18)29-21-7-8-27-11-19(21)22(32)14-3-5-16(31)9-14/h4,6-8,10-14,16,31H,3,5,9H2,1-2H3,(H,27,28,29,30)/t14?,16-/m1/s1. The number of aliphatic hydroxyl groups excluding tert-OH is 1. The molecular formula is C24H24ClFN4O2. The zero-order valence-corrected chi connectivity index (χ0v) is 18.6. The van der Waals surface area contributed by atoms with Crippen molar-refractivity contribution in [1.82, 2.24) is 15.0 Å². The minimum absolute atomic E-state index is 0.0570. The molecule has 0 aliphatic heterocycles. The molecule has 0 spiro atoms. The highest BCUT2D eigenvalue weighted by atomic mass is 35.5. The Labute approximate surface area is 190 Å². The fourth-order valence-corrected chi connectivity index (χ4v) is 4.13. The van der Waals surface area contributed by atoms with Gasteiger partial charge >= 0.3 is 0 Å². The Bertz CT molecular complexity index is 1150. The number of Topliss-reactive ketones (excluding diaryl/α,β-unsaturated/α-hetero) is 1. The van der Waals surface area contributed by atoms with Crippen molar-refractivity contribution >= 4 is 28.9 Å².